The van der Waals surface area contributed by atoms with Crippen LogP contribution in [0.2, 0.25) is 0 Å². The number of piperazine rings is 1. The number of carbonyl (C=O) groups is 1. The topological polar surface area (TPSA) is 80.1 Å². The van der Waals surface area contributed by atoms with Crippen molar-refractivity contribution < 1.29 is 18.7 Å². The van der Waals surface area contributed by atoms with Gasteiger partial charge in [-0.2, -0.15) is 0 Å². The third kappa shape index (κ3) is 5.28. The molecule has 1 aliphatic rings. The molecule has 4 rings (SSSR count). The smallest absolute Gasteiger partial charge is 0.321 e. The van der Waals surface area contributed by atoms with Gasteiger partial charge in [-0.25, -0.2) is 9.78 Å². The van der Waals surface area contributed by atoms with Gasteiger partial charge in [-0.15, -0.1) is 0 Å². The van der Waals surface area contributed by atoms with Crippen LogP contribution >= 0.6 is 0 Å². The normalized spacial score (nSPS) is 14.2. The first-order valence-electron chi connectivity index (χ1n) is 11.0. The van der Waals surface area contributed by atoms with E-state index in [1.165, 1.54) is 5.56 Å². The largest absolute Gasteiger partial charge is 0.493 e. The van der Waals surface area contributed by atoms with Crippen molar-refractivity contribution >= 4 is 11.7 Å². The number of aromatic nitrogens is 1. The Bertz CT molecular complexity index is 1100. The van der Waals surface area contributed by atoms with E-state index >= 15 is 0 Å². The SMILES string of the molecule is COc1ccc(NC(=O)N2CCN(Cc3nc(-c4ccc(C)cc4)oc3C)CC2)cc1OC. The van der Waals surface area contributed by atoms with Crippen LogP contribution in [0.1, 0.15) is 17.0 Å². The summed E-state index contributed by atoms with van der Waals surface area (Å²) in [4.78, 5) is 21.6. The number of methoxy groups -OCH3 is 2. The van der Waals surface area contributed by atoms with Gasteiger partial charge in [0.2, 0.25) is 5.89 Å². The Morgan fingerprint density at radius 1 is 1.00 bits per heavy atom. The first-order valence-corrected chi connectivity index (χ1v) is 11.0. The Balaban J connectivity index is 1.32. The van der Waals surface area contributed by atoms with Crippen LogP contribution in [-0.4, -0.2) is 61.2 Å². The van der Waals surface area contributed by atoms with Gasteiger partial charge in [0.1, 0.15) is 5.76 Å². The molecule has 0 unspecified atom stereocenters. The minimum absolute atomic E-state index is 0.124. The fourth-order valence-corrected chi connectivity index (χ4v) is 3.83. The number of ether oxygens (including phenoxy) is 2. The highest BCUT2D eigenvalue weighted by Gasteiger charge is 2.23. The Morgan fingerprint density at radius 3 is 2.36 bits per heavy atom. The lowest BCUT2D eigenvalue weighted by Crippen LogP contribution is -2.49. The first-order chi connectivity index (χ1) is 16.0. The van der Waals surface area contributed by atoms with E-state index in [9.17, 15) is 4.79 Å². The highest BCUT2D eigenvalue weighted by Crippen LogP contribution is 2.30. The number of anilines is 1. The number of benzene rings is 2. The van der Waals surface area contributed by atoms with Crippen molar-refractivity contribution in [1.82, 2.24) is 14.8 Å². The van der Waals surface area contributed by atoms with E-state index in [0.717, 1.165) is 30.1 Å². The zero-order chi connectivity index (χ0) is 23.4. The number of urea groups is 1. The van der Waals surface area contributed by atoms with E-state index in [4.69, 9.17) is 18.9 Å². The molecule has 2 amide bonds. The van der Waals surface area contributed by atoms with Crippen LogP contribution in [0.15, 0.2) is 46.9 Å². The number of oxazole rings is 1. The van der Waals surface area contributed by atoms with Crippen LogP contribution in [0.5, 0.6) is 11.5 Å². The van der Waals surface area contributed by atoms with Crippen molar-refractivity contribution in [2.75, 3.05) is 45.7 Å². The summed E-state index contributed by atoms with van der Waals surface area (Å²) < 4.78 is 16.5. The second-order valence-corrected chi connectivity index (χ2v) is 8.15. The summed E-state index contributed by atoms with van der Waals surface area (Å²) in [6.45, 7) is 7.53. The molecule has 1 saturated heterocycles. The van der Waals surface area contributed by atoms with Crippen molar-refractivity contribution in [2.45, 2.75) is 20.4 Å². The Morgan fingerprint density at radius 2 is 1.70 bits per heavy atom. The lowest BCUT2D eigenvalue weighted by atomic mass is 10.1. The summed E-state index contributed by atoms with van der Waals surface area (Å²) in [6.07, 6.45) is 0. The molecule has 0 atom stereocenters. The number of hydrogen-bond donors (Lipinski definition) is 1. The molecule has 0 spiro atoms. The lowest BCUT2D eigenvalue weighted by Gasteiger charge is -2.34. The van der Waals surface area contributed by atoms with Gasteiger partial charge < -0.3 is 24.1 Å². The van der Waals surface area contributed by atoms with Crippen LogP contribution in [0.25, 0.3) is 11.5 Å². The summed E-state index contributed by atoms with van der Waals surface area (Å²) in [5.74, 6) is 2.68. The predicted octanol–water partition coefficient (Wildman–Crippen LogP) is 4.33. The monoisotopic (exact) mass is 450 g/mol. The molecule has 3 aromatic rings. The number of nitrogens with zero attached hydrogens (tertiary/aromatic N) is 3. The maximum absolute atomic E-state index is 12.7. The fourth-order valence-electron chi connectivity index (χ4n) is 3.83. The first kappa shape index (κ1) is 22.7. The molecule has 2 aromatic carbocycles. The van der Waals surface area contributed by atoms with Gasteiger partial charge in [0.05, 0.1) is 19.9 Å². The minimum Gasteiger partial charge on any atom is -0.493 e. The van der Waals surface area contributed by atoms with Crippen molar-refractivity contribution in [3.8, 4) is 23.0 Å². The van der Waals surface area contributed by atoms with Crippen LogP contribution in [-0.2, 0) is 6.54 Å². The molecule has 0 saturated carbocycles. The van der Waals surface area contributed by atoms with Gasteiger partial charge in [0.25, 0.3) is 0 Å². The molecule has 1 fully saturated rings. The molecule has 0 radical (unpaired) electrons. The van der Waals surface area contributed by atoms with Crippen molar-refractivity contribution in [3.63, 3.8) is 0 Å². The Kier molecular flexibility index (Phi) is 6.84. The van der Waals surface area contributed by atoms with E-state index in [1.807, 2.05) is 24.0 Å². The fraction of sp³-hybridized carbons (Fsp3) is 0.360. The number of hydrogen-bond acceptors (Lipinski definition) is 6. The number of amides is 2. The molecule has 0 aliphatic carbocycles. The molecule has 8 heteroatoms. The molecular formula is C25H30N4O4. The maximum Gasteiger partial charge on any atom is 0.321 e. The summed E-state index contributed by atoms with van der Waals surface area (Å²) >= 11 is 0. The van der Waals surface area contributed by atoms with Crippen LogP contribution in [0.4, 0.5) is 10.5 Å². The van der Waals surface area contributed by atoms with Crippen LogP contribution in [0, 0.1) is 13.8 Å². The summed E-state index contributed by atoms with van der Waals surface area (Å²) in [7, 11) is 3.16. The van der Waals surface area contributed by atoms with Crippen molar-refractivity contribution in [1.29, 1.82) is 0 Å². The minimum atomic E-state index is -0.124. The molecule has 8 nitrogen and oxygen atoms in total. The average molecular weight is 451 g/mol. The number of aryl methyl sites for hydroxylation is 2. The summed E-state index contributed by atoms with van der Waals surface area (Å²) in [5, 5.41) is 2.94. The highest BCUT2D eigenvalue weighted by molar-refractivity contribution is 5.89. The van der Waals surface area contributed by atoms with Gasteiger partial charge in [-0.3, -0.25) is 4.90 Å². The highest BCUT2D eigenvalue weighted by atomic mass is 16.5. The average Bonchev–Trinajstić information content (AvgIpc) is 3.19. The van der Waals surface area contributed by atoms with Crippen molar-refractivity contribution in [2.24, 2.45) is 0 Å². The van der Waals surface area contributed by atoms with E-state index < -0.39 is 0 Å². The second-order valence-electron chi connectivity index (χ2n) is 8.15. The van der Waals surface area contributed by atoms with Gasteiger partial charge >= 0.3 is 6.03 Å². The molecule has 1 aliphatic heterocycles. The Hall–Kier alpha value is -3.52. The molecule has 2 heterocycles. The Labute approximate surface area is 194 Å². The zero-order valence-corrected chi connectivity index (χ0v) is 19.6. The number of carbonyl (C=O) groups excluding carboxylic acids is 1. The summed E-state index contributed by atoms with van der Waals surface area (Å²) in [5.41, 5.74) is 3.79. The molecule has 174 valence electrons. The van der Waals surface area contributed by atoms with Crippen molar-refractivity contribution in [3.05, 3.63) is 59.5 Å². The molecule has 1 aromatic heterocycles. The predicted molar refractivity (Wildman–Crippen MR) is 127 cm³/mol. The van der Waals surface area contributed by atoms with E-state index in [1.54, 1.807) is 32.4 Å². The standard InChI is InChI=1S/C25H30N4O4/c1-17-5-7-19(8-6-17)24-27-21(18(2)33-24)16-28-11-13-29(14-12-28)25(30)26-20-9-10-22(31-3)23(15-20)32-4/h5-10,15H,11-14,16H2,1-4H3,(H,26,30). The molecule has 33 heavy (non-hydrogen) atoms. The van der Waals surface area contributed by atoms with Gasteiger partial charge in [0, 0.05) is 50.0 Å². The van der Waals surface area contributed by atoms with Gasteiger partial charge in [-0.05, 0) is 38.1 Å². The van der Waals surface area contributed by atoms with E-state index in [0.29, 0.717) is 42.7 Å². The number of rotatable bonds is 6. The third-order valence-electron chi connectivity index (χ3n) is 5.86. The zero-order valence-electron chi connectivity index (χ0n) is 19.6. The maximum atomic E-state index is 12.7. The summed E-state index contributed by atoms with van der Waals surface area (Å²) in [6, 6.07) is 13.4. The molecule has 0 bridgehead atoms. The third-order valence-corrected chi connectivity index (χ3v) is 5.86. The quantitative estimate of drug-likeness (QED) is 0.602. The van der Waals surface area contributed by atoms with Crippen LogP contribution in [0.3, 0.4) is 0 Å². The lowest BCUT2D eigenvalue weighted by molar-refractivity contribution is 0.141. The van der Waals surface area contributed by atoms with E-state index in [-0.39, 0.29) is 6.03 Å². The van der Waals surface area contributed by atoms with E-state index in [2.05, 4.69) is 29.3 Å². The van der Waals surface area contributed by atoms with Gasteiger partial charge in [0.15, 0.2) is 11.5 Å². The van der Waals surface area contributed by atoms with Gasteiger partial charge in [-0.1, -0.05) is 17.7 Å². The molecular weight excluding hydrogens is 420 g/mol. The molecule has 1 N–H and O–H groups in total. The van der Waals surface area contributed by atoms with Crippen LogP contribution < -0.4 is 14.8 Å². The number of nitrogens with one attached hydrogen (secondary N) is 1. The second kappa shape index (κ2) is 9.95.